The number of aliphatic carboxylic acids is 7. The first-order chi connectivity index (χ1) is 63.5. The first kappa shape index (κ1) is 121. The molecule has 3 saturated heterocycles. The van der Waals surface area contributed by atoms with Crippen LogP contribution in [0.15, 0.2) is 109 Å². The van der Waals surface area contributed by atoms with E-state index in [0.717, 1.165) is 44.3 Å². The third-order valence-corrected chi connectivity index (χ3v) is 19.2. The maximum atomic E-state index is 14.7. The van der Waals surface area contributed by atoms with Gasteiger partial charge in [-0.1, -0.05) is 97.1 Å². The van der Waals surface area contributed by atoms with Crippen molar-refractivity contribution in [2.24, 2.45) is 34.4 Å². The van der Waals surface area contributed by atoms with E-state index < -0.39 is 231 Å². The number of carbonyl (C=O) groups excluding carboxylic acids is 3. The van der Waals surface area contributed by atoms with Crippen molar-refractivity contribution in [3.8, 4) is 11.1 Å². The highest BCUT2D eigenvalue weighted by Gasteiger charge is 2.56. The average molecular weight is 2040 g/mol. The van der Waals surface area contributed by atoms with Crippen molar-refractivity contribution in [1.82, 2.24) is 20.9 Å². The number of rotatable bonds is 25. The van der Waals surface area contributed by atoms with Crippen LogP contribution >= 0.6 is 0 Å². The van der Waals surface area contributed by atoms with Crippen LogP contribution in [0.4, 0.5) is 97.0 Å². The number of alkyl halides is 21. The van der Waals surface area contributed by atoms with Gasteiger partial charge in [0.15, 0.2) is 18.9 Å². The van der Waals surface area contributed by atoms with Gasteiger partial charge in [-0.25, -0.2) is 43.2 Å². The molecule has 4 heterocycles. The summed E-state index contributed by atoms with van der Waals surface area (Å²) in [6, 6.07) is 25.6. The number of fused-ring (bicyclic) bond motifs is 4. The Bertz CT molecular complexity index is 4450. The van der Waals surface area contributed by atoms with Crippen LogP contribution in [-0.4, -0.2) is 336 Å². The number of aliphatic hydroxyl groups excluding tert-OH is 6. The Balaban J connectivity index is 0.000000812. The van der Waals surface area contributed by atoms with E-state index in [2.05, 4.69) is 20.9 Å². The van der Waals surface area contributed by atoms with Crippen LogP contribution in [0.2, 0.25) is 0 Å². The zero-order valence-electron chi connectivity index (χ0n) is 69.9. The zero-order valence-corrected chi connectivity index (χ0v) is 69.9. The van der Waals surface area contributed by atoms with E-state index in [1.165, 1.54) is 0 Å². The molecule has 1 aromatic heterocycles. The molecule has 0 unspecified atom stereocenters. The van der Waals surface area contributed by atoms with E-state index in [-0.39, 0.29) is 64.6 Å². The van der Waals surface area contributed by atoms with E-state index in [1.54, 1.807) is 6.20 Å². The van der Waals surface area contributed by atoms with Gasteiger partial charge in [0.1, 0.15) is 92.4 Å². The summed E-state index contributed by atoms with van der Waals surface area (Å²) in [5.41, 5.74) is 43.6. The van der Waals surface area contributed by atoms with Gasteiger partial charge in [0, 0.05) is 61.2 Å². The van der Waals surface area contributed by atoms with E-state index >= 15 is 0 Å². The molecule has 10 rings (SSSR count). The van der Waals surface area contributed by atoms with Crippen molar-refractivity contribution >= 4 is 70.7 Å². The minimum absolute atomic E-state index is 0.0240. The molecule has 1 saturated carbocycles. The molecule has 138 heavy (non-hydrogen) atoms. The SMILES string of the molecule is NC[C@@H]1O[C@H](O[C@H]2[C@@H](O)[C@H](O[C@@H]3[C@@H](O)[C@H](N)C[C@H](N)[C@H]3O[C@H]3O[C@H](CN)[C@@H](O)[C@H](O)[C@H]3N)O[C@@H]2CNCCCC[C@H](NC(=O)OCC2c3ccccc3-c3ccccc32)C(=O)N[C@@H](Cc2c[nH]c3ccccc23)C(=O)OCc2ccccc2)[C@H](N)[C@@H](O)[C@@H]1O.O=C(O)C(F)(F)F.O=C(O)C(F)(F)F.O=C(O)C(F)(F)F.O=C(O)C(F)(F)F.O=C(O)C(F)(F)F.O=C(O)C(F)(F)F.O=C(O)C(F)(F)F. The summed E-state index contributed by atoms with van der Waals surface area (Å²) < 4.78 is 271. The smallest absolute Gasteiger partial charge is 0.475 e. The number of aromatic amines is 1. The van der Waals surface area contributed by atoms with Crippen molar-refractivity contribution in [2.45, 2.75) is 216 Å². The highest BCUT2D eigenvalue weighted by molar-refractivity contribution is 5.91. The van der Waals surface area contributed by atoms with E-state index in [1.807, 2.05) is 103 Å². The molecule has 62 heteroatoms. The normalized spacial score (nSPS) is 25.0. The predicted molar refractivity (Wildman–Crippen MR) is 416 cm³/mol. The number of carboxylic acid groups (broad SMARTS) is 7. The molecule has 2 aliphatic carbocycles. The van der Waals surface area contributed by atoms with Gasteiger partial charge in [0.25, 0.3) is 0 Å². The van der Waals surface area contributed by atoms with Gasteiger partial charge in [-0.2, -0.15) is 92.2 Å². The standard InChI is InChI=1S/C62H84N10O17.7C2HF3O2/c63-24-43-49(74)51(76)46(67)59(84-43)87-54-39(66)23-38(65)48(73)56(54)89-61-53(78)55(88-60-47(68)52(77)50(75)44(25-64)85-60)45(86-61)27-69-21-11-10-20-41(72-62(81)83-29-37-35-17-6-4-15-33(35)34-16-5-7-18-36(34)37)57(79)71-42(58(80)82-28-30-12-2-1-3-13-30)22-31-26-70-40-19-9-8-14-32(31)40;7*3-2(4,5)1(6)7/h1-9,12-19,26,37-39,41-56,59-61,69-70,73-78H,10-11,20-25,27-29,63-68H2,(H,71,79)(H,72,81);7*(H,6,7)/t38-,39+,41+,42+,43-,44+,45-,46-,47-,48+,49-,50-,51-,52-,53-,54-,55-,56-,59-,60-,61+;;;;;;;/m1......./s1. The Morgan fingerprint density at radius 2 is 0.812 bits per heavy atom. The molecule has 21 atom stereocenters. The van der Waals surface area contributed by atoms with Gasteiger partial charge in [0.2, 0.25) is 5.91 Å². The number of carboxylic acids is 7. The molecular weight excluding hydrogens is 1950 g/mol. The number of hydrogen-bond acceptors (Lipinski definition) is 31. The number of H-pyrrole nitrogens is 1. The Hall–Kier alpha value is -11.3. The number of hydrogen-bond donors (Lipinski definition) is 23. The lowest BCUT2D eigenvalue weighted by molar-refractivity contribution is -0.306. The third kappa shape index (κ3) is 38.1. The number of unbranched alkanes of at least 4 members (excludes halogenated alkanes) is 1. The molecule has 3 aliphatic heterocycles. The van der Waals surface area contributed by atoms with Gasteiger partial charge in [-0.05, 0) is 71.7 Å². The number of nitrogens with one attached hydrogen (secondary N) is 4. The number of amides is 2. The maximum absolute atomic E-state index is 14.7. The van der Waals surface area contributed by atoms with E-state index in [0.29, 0.717) is 12.8 Å². The number of alkyl carbamates (subject to hydrolysis) is 1. The maximum Gasteiger partial charge on any atom is 0.490 e. The molecule has 778 valence electrons. The van der Waals surface area contributed by atoms with Crippen LogP contribution in [0.5, 0.6) is 0 Å². The minimum Gasteiger partial charge on any atom is -0.475 e. The number of carbonyl (C=O) groups is 10. The topological polar surface area (TPSA) is 716 Å². The fourth-order valence-electron chi connectivity index (χ4n) is 12.5. The van der Waals surface area contributed by atoms with Crippen LogP contribution in [0.1, 0.15) is 53.9 Å². The second kappa shape index (κ2) is 53.2. The number of ether oxygens (including phenoxy) is 8. The Morgan fingerprint density at radius 3 is 1.23 bits per heavy atom. The van der Waals surface area contributed by atoms with E-state index in [4.69, 9.17) is 142 Å². The average Bonchev–Trinajstić information content (AvgIpc) is 1.58. The molecule has 0 radical (unpaired) electrons. The van der Waals surface area contributed by atoms with Crippen LogP contribution < -0.4 is 50.4 Å². The summed E-state index contributed by atoms with van der Waals surface area (Å²) in [6.45, 7) is -0.284. The third-order valence-electron chi connectivity index (χ3n) is 19.2. The lowest BCUT2D eigenvalue weighted by atomic mass is 9.84. The van der Waals surface area contributed by atoms with Gasteiger partial charge in [0.05, 0.1) is 18.2 Å². The number of halogens is 21. The lowest BCUT2D eigenvalue weighted by Gasteiger charge is -2.47. The highest BCUT2D eigenvalue weighted by atomic mass is 19.4. The fraction of sp³-hybridized carbons (Fsp3) is 0.526. The second-order valence-electron chi connectivity index (χ2n) is 29.1. The Kier molecular flexibility index (Phi) is 46.6. The Morgan fingerprint density at radius 1 is 0.428 bits per heavy atom. The summed E-state index contributed by atoms with van der Waals surface area (Å²) in [4.78, 5) is 108. The number of nitrogens with two attached hydrogens (primary N) is 6. The van der Waals surface area contributed by atoms with Gasteiger partial charge in [-0.15, -0.1) is 0 Å². The quantitative estimate of drug-likeness (QED) is 0.0226. The summed E-state index contributed by atoms with van der Waals surface area (Å²) in [7, 11) is 0. The van der Waals surface area contributed by atoms with Gasteiger partial charge >= 0.3 is 97.1 Å². The van der Waals surface area contributed by atoms with Crippen molar-refractivity contribution < 1.29 is 244 Å². The number of aromatic nitrogens is 1. The van der Waals surface area contributed by atoms with Crippen molar-refractivity contribution in [2.75, 3.05) is 32.8 Å². The van der Waals surface area contributed by atoms with Crippen LogP contribution in [0, 0.1) is 0 Å². The summed E-state index contributed by atoms with van der Waals surface area (Å²) in [5.74, 6) is -20.9. The molecule has 2 amide bonds. The van der Waals surface area contributed by atoms with E-state index in [9.17, 15) is 137 Å². The predicted octanol–water partition coefficient (Wildman–Crippen LogP) is 2.16. The molecule has 5 aliphatic rings. The van der Waals surface area contributed by atoms with Crippen LogP contribution in [-0.2, 0) is 94.1 Å². The summed E-state index contributed by atoms with van der Waals surface area (Å²) >= 11 is 0. The zero-order chi connectivity index (χ0) is 106. The van der Waals surface area contributed by atoms with Gasteiger partial charge < -0.3 is 160 Å². The molecule has 41 nitrogen and oxygen atoms in total. The molecule has 29 N–H and O–H groups in total. The monoisotopic (exact) mass is 2040 g/mol. The Labute approximate surface area is 760 Å². The first-order valence-corrected chi connectivity index (χ1v) is 39.0. The fourth-order valence-corrected chi connectivity index (χ4v) is 12.5. The highest BCUT2D eigenvalue weighted by Crippen LogP contribution is 2.45. The molecule has 5 aromatic rings. The molecular formula is C76H91F21N10O31. The largest absolute Gasteiger partial charge is 0.490 e. The second-order valence-corrected chi connectivity index (χ2v) is 29.1. The number of esters is 1. The lowest BCUT2D eigenvalue weighted by Crippen LogP contribution is -2.68. The molecule has 4 fully saturated rings. The number of para-hydroxylation sites is 1. The molecule has 0 spiro atoms. The van der Waals surface area contributed by atoms with Crippen LogP contribution in [0.25, 0.3) is 22.0 Å². The molecule has 4 aromatic carbocycles. The van der Waals surface area contributed by atoms with Gasteiger partial charge in [-0.3, -0.25) is 4.79 Å². The number of aliphatic hydroxyl groups is 6. The van der Waals surface area contributed by atoms with Crippen molar-refractivity contribution in [3.63, 3.8) is 0 Å². The number of benzene rings is 4. The van der Waals surface area contributed by atoms with Crippen molar-refractivity contribution in [3.05, 3.63) is 132 Å². The molecule has 0 bridgehead atoms. The minimum atomic E-state index is -5.08. The van der Waals surface area contributed by atoms with Crippen molar-refractivity contribution in [1.29, 1.82) is 0 Å². The summed E-state index contributed by atoms with van der Waals surface area (Å²) in [6.07, 6.45) is -54.6. The summed E-state index contributed by atoms with van der Waals surface area (Å²) in [5, 5.41) is 126. The van der Waals surface area contributed by atoms with Crippen LogP contribution in [0.3, 0.4) is 0 Å². The first-order valence-electron chi connectivity index (χ1n) is 39.0.